The van der Waals surface area contributed by atoms with Gasteiger partial charge in [-0.1, -0.05) is 0 Å². The number of pyridine rings is 1. The SMILES string of the molecule is O=C(O)c1ccc(S(=O)(=O)Nc2cccnc2)c(Br)c1. The Hall–Kier alpha value is -1.93. The summed E-state index contributed by atoms with van der Waals surface area (Å²) < 4.78 is 26.9. The van der Waals surface area contributed by atoms with E-state index in [0.717, 1.165) is 0 Å². The van der Waals surface area contributed by atoms with E-state index in [4.69, 9.17) is 5.11 Å². The van der Waals surface area contributed by atoms with E-state index in [-0.39, 0.29) is 14.9 Å². The minimum absolute atomic E-state index is 0.00259. The second kappa shape index (κ2) is 5.59. The molecule has 104 valence electrons. The number of carboxylic acid groups (broad SMARTS) is 1. The molecule has 20 heavy (non-hydrogen) atoms. The number of benzene rings is 1. The normalized spacial score (nSPS) is 11.1. The van der Waals surface area contributed by atoms with Crippen molar-refractivity contribution in [3.63, 3.8) is 0 Å². The Bertz CT molecular complexity index is 747. The highest BCUT2D eigenvalue weighted by Crippen LogP contribution is 2.25. The highest BCUT2D eigenvalue weighted by molar-refractivity contribution is 9.10. The van der Waals surface area contributed by atoms with Crippen LogP contribution in [0.5, 0.6) is 0 Å². The van der Waals surface area contributed by atoms with Gasteiger partial charge in [0.1, 0.15) is 4.90 Å². The average molecular weight is 357 g/mol. The average Bonchev–Trinajstić information content (AvgIpc) is 2.38. The molecule has 0 radical (unpaired) electrons. The molecule has 0 fully saturated rings. The van der Waals surface area contributed by atoms with Crippen LogP contribution in [0.25, 0.3) is 0 Å². The maximum Gasteiger partial charge on any atom is 0.335 e. The summed E-state index contributed by atoms with van der Waals surface area (Å²) in [5.74, 6) is -1.13. The smallest absolute Gasteiger partial charge is 0.335 e. The fourth-order valence-corrected chi connectivity index (χ4v) is 3.61. The molecule has 0 amide bonds. The molecule has 0 aliphatic rings. The van der Waals surface area contributed by atoms with Gasteiger partial charge in [-0.3, -0.25) is 9.71 Å². The predicted molar refractivity (Wildman–Crippen MR) is 76.1 cm³/mol. The third-order valence-electron chi connectivity index (χ3n) is 2.38. The molecule has 1 aromatic heterocycles. The van der Waals surface area contributed by atoms with E-state index in [2.05, 4.69) is 25.6 Å². The highest BCUT2D eigenvalue weighted by Gasteiger charge is 2.19. The van der Waals surface area contributed by atoms with E-state index in [1.54, 1.807) is 12.1 Å². The fraction of sp³-hybridized carbons (Fsp3) is 0. The van der Waals surface area contributed by atoms with Crippen molar-refractivity contribution in [2.75, 3.05) is 4.72 Å². The molecule has 0 saturated heterocycles. The predicted octanol–water partition coefficient (Wildman–Crippen LogP) is 2.34. The van der Waals surface area contributed by atoms with Gasteiger partial charge in [-0.25, -0.2) is 13.2 Å². The third-order valence-corrected chi connectivity index (χ3v) is 4.74. The monoisotopic (exact) mass is 356 g/mol. The van der Waals surface area contributed by atoms with Gasteiger partial charge in [-0.15, -0.1) is 0 Å². The topological polar surface area (TPSA) is 96.4 Å². The zero-order valence-electron chi connectivity index (χ0n) is 9.95. The Morgan fingerprint density at radius 2 is 2.05 bits per heavy atom. The minimum atomic E-state index is -3.82. The third kappa shape index (κ3) is 3.14. The lowest BCUT2D eigenvalue weighted by atomic mass is 10.2. The maximum absolute atomic E-state index is 12.2. The molecule has 0 bridgehead atoms. The van der Waals surface area contributed by atoms with Gasteiger partial charge in [0.15, 0.2) is 0 Å². The molecule has 0 atom stereocenters. The lowest BCUT2D eigenvalue weighted by Crippen LogP contribution is -2.14. The Kier molecular flexibility index (Phi) is 4.05. The molecule has 6 nitrogen and oxygen atoms in total. The first-order valence-electron chi connectivity index (χ1n) is 5.36. The molecule has 0 aliphatic carbocycles. The zero-order valence-corrected chi connectivity index (χ0v) is 12.3. The quantitative estimate of drug-likeness (QED) is 0.876. The Balaban J connectivity index is 2.37. The van der Waals surface area contributed by atoms with Crippen LogP contribution in [0.2, 0.25) is 0 Å². The number of nitrogens with zero attached hydrogens (tertiary/aromatic N) is 1. The van der Waals surface area contributed by atoms with E-state index in [9.17, 15) is 13.2 Å². The number of sulfonamides is 1. The van der Waals surface area contributed by atoms with Crippen molar-refractivity contribution in [2.45, 2.75) is 4.90 Å². The standard InChI is InChI=1S/C12H9BrN2O4S/c13-10-6-8(12(16)17)3-4-11(10)20(18,19)15-9-2-1-5-14-7-9/h1-7,15H,(H,16,17). The van der Waals surface area contributed by atoms with Crippen molar-refractivity contribution in [3.8, 4) is 0 Å². The van der Waals surface area contributed by atoms with Gasteiger partial charge in [0, 0.05) is 10.7 Å². The van der Waals surface area contributed by atoms with Crippen molar-refractivity contribution in [2.24, 2.45) is 0 Å². The zero-order chi connectivity index (χ0) is 14.8. The van der Waals surface area contributed by atoms with Crippen LogP contribution in [0.4, 0.5) is 5.69 Å². The Morgan fingerprint density at radius 3 is 2.60 bits per heavy atom. The Morgan fingerprint density at radius 1 is 1.30 bits per heavy atom. The highest BCUT2D eigenvalue weighted by atomic mass is 79.9. The van der Waals surface area contributed by atoms with Gasteiger partial charge >= 0.3 is 5.97 Å². The summed E-state index contributed by atoms with van der Waals surface area (Å²) in [5.41, 5.74) is 0.318. The van der Waals surface area contributed by atoms with E-state index < -0.39 is 16.0 Å². The van der Waals surface area contributed by atoms with Crippen molar-refractivity contribution in [1.29, 1.82) is 0 Å². The van der Waals surface area contributed by atoms with Crippen molar-refractivity contribution >= 4 is 37.6 Å². The number of carbonyl (C=O) groups is 1. The van der Waals surface area contributed by atoms with Crippen LogP contribution in [-0.4, -0.2) is 24.5 Å². The first kappa shape index (κ1) is 14.5. The van der Waals surface area contributed by atoms with Gasteiger partial charge in [0.2, 0.25) is 0 Å². The second-order valence-electron chi connectivity index (χ2n) is 3.80. The molecule has 2 aromatic rings. The van der Waals surface area contributed by atoms with Crippen molar-refractivity contribution in [3.05, 3.63) is 52.8 Å². The van der Waals surface area contributed by atoms with Crippen molar-refractivity contribution < 1.29 is 18.3 Å². The first-order valence-corrected chi connectivity index (χ1v) is 7.63. The lowest BCUT2D eigenvalue weighted by molar-refractivity contribution is 0.0696. The molecule has 2 rings (SSSR count). The molecule has 2 N–H and O–H groups in total. The number of halogens is 1. The molecule has 1 aromatic carbocycles. The van der Waals surface area contributed by atoms with Gasteiger partial charge in [-0.05, 0) is 46.3 Å². The second-order valence-corrected chi connectivity index (χ2v) is 6.30. The maximum atomic E-state index is 12.2. The lowest BCUT2D eigenvalue weighted by Gasteiger charge is -2.09. The van der Waals surface area contributed by atoms with Crippen LogP contribution in [-0.2, 0) is 10.0 Å². The van der Waals surface area contributed by atoms with Crippen LogP contribution in [0.15, 0.2) is 52.1 Å². The van der Waals surface area contributed by atoms with Crippen molar-refractivity contribution in [1.82, 2.24) is 4.98 Å². The Labute approximate surface area is 123 Å². The van der Waals surface area contributed by atoms with Gasteiger partial charge < -0.3 is 5.11 Å². The number of aromatic carboxylic acids is 1. The molecule has 1 heterocycles. The van der Waals surface area contributed by atoms with Gasteiger partial charge in [-0.2, -0.15) is 0 Å². The molecular weight excluding hydrogens is 348 g/mol. The summed E-state index contributed by atoms with van der Waals surface area (Å²) in [6, 6.07) is 6.85. The van der Waals surface area contributed by atoms with Gasteiger partial charge in [0.05, 0.1) is 17.4 Å². The summed E-state index contributed by atoms with van der Waals surface area (Å²) in [6.45, 7) is 0. The van der Waals surface area contributed by atoms with Crippen LogP contribution < -0.4 is 4.72 Å². The van der Waals surface area contributed by atoms with Crippen LogP contribution in [0, 0.1) is 0 Å². The summed E-state index contributed by atoms with van der Waals surface area (Å²) in [5, 5.41) is 8.84. The largest absolute Gasteiger partial charge is 0.478 e. The summed E-state index contributed by atoms with van der Waals surface area (Å²) in [7, 11) is -3.82. The minimum Gasteiger partial charge on any atom is -0.478 e. The van der Waals surface area contributed by atoms with E-state index in [1.165, 1.54) is 30.6 Å². The molecular formula is C12H9BrN2O4S. The molecule has 0 saturated carbocycles. The summed E-state index contributed by atoms with van der Waals surface area (Å²) >= 11 is 3.07. The number of carboxylic acids is 1. The number of rotatable bonds is 4. The van der Waals surface area contributed by atoms with E-state index in [1.807, 2.05) is 0 Å². The molecule has 0 spiro atoms. The molecule has 0 unspecified atom stereocenters. The number of hydrogen-bond donors (Lipinski definition) is 2. The van der Waals surface area contributed by atoms with E-state index in [0.29, 0.717) is 5.69 Å². The summed E-state index contributed by atoms with van der Waals surface area (Å²) in [4.78, 5) is 14.6. The summed E-state index contributed by atoms with van der Waals surface area (Å²) in [6.07, 6.45) is 2.90. The van der Waals surface area contributed by atoms with Gasteiger partial charge in [0.25, 0.3) is 10.0 Å². The van der Waals surface area contributed by atoms with Crippen LogP contribution >= 0.6 is 15.9 Å². The van der Waals surface area contributed by atoms with Crippen LogP contribution in [0.3, 0.4) is 0 Å². The van der Waals surface area contributed by atoms with E-state index >= 15 is 0 Å². The molecule has 8 heteroatoms. The number of aromatic nitrogens is 1. The molecule has 0 aliphatic heterocycles. The fourth-order valence-electron chi connectivity index (χ4n) is 1.49. The number of nitrogens with one attached hydrogen (secondary N) is 1. The number of anilines is 1. The first-order chi connectivity index (χ1) is 9.40. The van der Waals surface area contributed by atoms with Crippen LogP contribution in [0.1, 0.15) is 10.4 Å². The number of hydrogen-bond acceptors (Lipinski definition) is 4.